The molecule has 0 amide bonds. The topological polar surface area (TPSA) is 69.7 Å². The maximum Gasteiger partial charge on any atom is 0.309 e. The highest BCUT2D eigenvalue weighted by Crippen LogP contribution is 2.24. The van der Waals surface area contributed by atoms with Gasteiger partial charge < -0.3 is 9.47 Å². The predicted octanol–water partition coefficient (Wildman–Crippen LogP) is -0.0298. The Morgan fingerprint density at radius 3 is 2.40 bits per heavy atom. The van der Waals surface area contributed by atoms with Crippen molar-refractivity contribution in [2.75, 3.05) is 20.3 Å². The van der Waals surface area contributed by atoms with Gasteiger partial charge in [0.2, 0.25) is 0 Å². The quantitative estimate of drug-likeness (QED) is 0.375. The van der Waals surface area contributed by atoms with Crippen LogP contribution in [-0.4, -0.2) is 38.4 Å². The molecular formula is C10H14O5. The van der Waals surface area contributed by atoms with Gasteiger partial charge in [0.25, 0.3) is 0 Å². The van der Waals surface area contributed by atoms with Gasteiger partial charge in [-0.1, -0.05) is 0 Å². The van der Waals surface area contributed by atoms with Crippen LogP contribution in [0, 0.1) is 11.8 Å². The summed E-state index contributed by atoms with van der Waals surface area (Å²) in [5.74, 6) is -2.12. The molecule has 0 aromatic heterocycles. The minimum Gasteiger partial charge on any atom is -0.469 e. The Kier molecular flexibility index (Phi) is 4.42. The highest BCUT2D eigenvalue weighted by molar-refractivity contribution is 6.26. The molecule has 0 spiro atoms. The van der Waals surface area contributed by atoms with Crippen LogP contribution in [0.25, 0.3) is 0 Å². The lowest BCUT2D eigenvalue weighted by atomic mass is 9.85. The maximum atomic E-state index is 11.4. The van der Waals surface area contributed by atoms with Crippen molar-refractivity contribution < 1.29 is 23.9 Å². The molecule has 0 aromatic rings. The molecule has 0 radical (unpaired) electrons. The summed E-state index contributed by atoms with van der Waals surface area (Å²) in [6, 6.07) is 0. The highest BCUT2D eigenvalue weighted by Gasteiger charge is 2.35. The number of esters is 1. The molecule has 5 nitrogen and oxygen atoms in total. The lowest BCUT2D eigenvalue weighted by Crippen LogP contribution is -2.31. The number of ether oxygens (including phenoxy) is 2. The minimum absolute atomic E-state index is 0.270. The molecule has 0 aromatic carbocycles. The normalized spacial score (nSPS) is 26.5. The molecule has 0 saturated carbocycles. The Bertz CT molecular complexity index is 261. The second kappa shape index (κ2) is 5.60. The number of rotatable bonds is 3. The van der Waals surface area contributed by atoms with Crippen molar-refractivity contribution in [1.29, 1.82) is 0 Å². The molecule has 1 rings (SSSR count). The van der Waals surface area contributed by atoms with Crippen LogP contribution in [-0.2, 0) is 23.9 Å². The molecular weight excluding hydrogens is 200 g/mol. The number of carbonyl (C=O) groups is 3. The first-order chi connectivity index (χ1) is 7.20. The van der Waals surface area contributed by atoms with Crippen LogP contribution in [0.3, 0.4) is 0 Å². The molecule has 0 aliphatic carbocycles. The number of carbonyl (C=O) groups excluding carboxylic acids is 3. The summed E-state index contributed by atoms with van der Waals surface area (Å²) in [5.41, 5.74) is 0. The second-order valence-corrected chi connectivity index (χ2v) is 3.45. The van der Waals surface area contributed by atoms with Crippen LogP contribution < -0.4 is 0 Å². The Labute approximate surface area is 87.7 Å². The third-order valence-corrected chi connectivity index (χ3v) is 2.62. The van der Waals surface area contributed by atoms with Crippen LogP contribution in [0.2, 0.25) is 0 Å². The zero-order chi connectivity index (χ0) is 11.3. The molecule has 2 atom stereocenters. The molecule has 1 saturated heterocycles. The Morgan fingerprint density at radius 1 is 1.27 bits per heavy atom. The first-order valence-corrected chi connectivity index (χ1v) is 4.85. The van der Waals surface area contributed by atoms with Crippen LogP contribution in [0.4, 0.5) is 0 Å². The Hall–Kier alpha value is -1.23. The van der Waals surface area contributed by atoms with Gasteiger partial charge in [0.05, 0.1) is 13.0 Å². The van der Waals surface area contributed by atoms with Crippen LogP contribution in [0.15, 0.2) is 0 Å². The SMILES string of the molecule is COC(=O)C1CCOCCC1C(=O)C=O. The van der Waals surface area contributed by atoms with E-state index in [1.165, 1.54) is 7.11 Å². The van der Waals surface area contributed by atoms with Gasteiger partial charge in [0, 0.05) is 19.1 Å². The molecule has 5 heteroatoms. The number of aldehydes is 1. The van der Waals surface area contributed by atoms with Gasteiger partial charge >= 0.3 is 5.97 Å². The van der Waals surface area contributed by atoms with Crippen molar-refractivity contribution in [2.24, 2.45) is 11.8 Å². The first-order valence-electron chi connectivity index (χ1n) is 4.85. The number of hydrogen-bond acceptors (Lipinski definition) is 5. The summed E-state index contributed by atoms with van der Waals surface area (Å²) in [5, 5.41) is 0. The number of Topliss-reactive ketones (excluding diaryl/α,β-unsaturated/α-hetero) is 1. The van der Waals surface area contributed by atoms with E-state index in [-0.39, 0.29) is 6.29 Å². The van der Waals surface area contributed by atoms with E-state index in [2.05, 4.69) is 4.74 Å². The summed E-state index contributed by atoms with van der Waals surface area (Å²) in [6.07, 6.45) is 1.10. The molecule has 1 aliphatic heterocycles. The zero-order valence-electron chi connectivity index (χ0n) is 8.60. The van der Waals surface area contributed by atoms with Crippen molar-refractivity contribution in [3.63, 3.8) is 0 Å². The third kappa shape index (κ3) is 2.86. The van der Waals surface area contributed by atoms with E-state index in [1.54, 1.807) is 0 Å². The highest BCUT2D eigenvalue weighted by atomic mass is 16.5. The van der Waals surface area contributed by atoms with Crippen molar-refractivity contribution in [2.45, 2.75) is 12.8 Å². The number of hydrogen-bond donors (Lipinski definition) is 0. The van der Waals surface area contributed by atoms with Crippen LogP contribution in [0.5, 0.6) is 0 Å². The fraction of sp³-hybridized carbons (Fsp3) is 0.700. The summed E-state index contributed by atoms with van der Waals surface area (Å²) < 4.78 is 9.78. The molecule has 0 N–H and O–H groups in total. The Morgan fingerprint density at radius 2 is 1.87 bits per heavy atom. The van der Waals surface area contributed by atoms with Gasteiger partial charge in [0.15, 0.2) is 12.1 Å². The van der Waals surface area contributed by atoms with Gasteiger partial charge in [0.1, 0.15) is 0 Å². The largest absolute Gasteiger partial charge is 0.469 e. The van der Waals surface area contributed by atoms with Crippen molar-refractivity contribution in [3.05, 3.63) is 0 Å². The van der Waals surface area contributed by atoms with E-state index in [0.717, 1.165) is 0 Å². The number of methoxy groups -OCH3 is 1. The molecule has 2 unspecified atom stereocenters. The van der Waals surface area contributed by atoms with Gasteiger partial charge in [-0.05, 0) is 12.8 Å². The van der Waals surface area contributed by atoms with E-state index >= 15 is 0 Å². The molecule has 1 fully saturated rings. The van der Waals surface area contributed by atoms with Gasteiger partial charge in [-0.3, -0.25) is 14.4 Å². The van der Waals surface area contributed by atoms with E-state index in [1.807, 2.05) is 0 Å². The average molecular weight is 214 g/mol. The van der Waals surface area contributed by atoms with Crippen molar-refractivity contribution in [1.82, 2.24) is 0 Å². The lowest BCUT2D eigenvalue weighted by molar-refractivity contribution is -0.150. The average Bonchev–Trinajstić information content (AvgIpc) is 2.52. The summed E-state index contributed by atoms with van der Waals surface area (Å²) >= 11 is 0. The molecule has 84 valence electrons. The van der Waals surface area contributed by atoms with E-state index in [0.29, 0.717) is 26.1 Å². The molecule has 15 heavy (non-hydrogen) atoms. The minimum atomic E-state index is -0.586. The second-order valence-electron chi connectivity index (χ2n) is 3.45. The lowest BCUT2D eigenvalue weighted by Gasteiger charge is -2.18. The van der Waals surface area contributed by atoms with Crippen molar-refractivity contribution >= 4 is 18.0 Å². The Balaban J connectivity index is 2.79. The fourth-order valence-corrected chi connectivity index (χ4v) is 1.79. The molecule has 1 aliphatic rings. The van der Waals surface area contributed by atoms with Crippen LogP contribution >= 0.6 is 0 Å². The standard InChI is InChI=1S/C10H14O5/c1-14-10(13)8-3-5-15-4-2-7(8)9(12)6-11/h6-8H,2-5H2,1H3. The van der Waals surface area contributed by atoms with Crippen LogP contribution in [0.1, 0.15) is 12.8 Å². The first kappa shape index (κ1) is 11.8. The smallest absolute Gasteiger partial charge is 0.309 e. The maximum absolute atomic E-state index is 11.4. The van der Waals surface area contributed by atoms with E-state index in [9.17, 15) is 14.4 Å². The number of ketones is 1. The summed E-state index contributed by atoms with van der Waals surface area (Å²) in [4.78, 5) is 33.2. The van der Waals surface area contributed by atoms with E-state index < -0.39 is 23.6 Å². The third-order valence-electron chi connectivity index (χ3n) is 2.62. The van der Waals surface area contributed by atoms with Gasteiger partial charge in [-0.25, -0.2) is 0 Å². The van der Waals surface area contributed by atoms with Crippen molar-refractivity contribution in [3.8, 4) is 0 Å². The van der Waals surface area contributed by atoms with Gasteiger partial charge in [-0.15, -0.1) is 0 Å². The summed E-state index contributed by atoms with van der Waals surface area (Å²) in [6.45, 7) is 0.820. The molecule has 0 bridgehead atoms. The fourth-order valence-electron chi connectivity index (χ4n) is 1.79. The summed E-state index contributed by atoms with van der Waals surface area (Å²) in [7, 11) is 1.27. The monoisotopic (exact) mass is 214 g/mol. The predicted molar refractivity (Wildman–Crippen MR) is 50.1 cm³/mol. The molecule has 1 heterocycles. The van der Waals surface area contributed by atoms with Gasteiger partial charge in [-0.2, -0.15) is 0 Å². The zero-order valence-corrected chi connectivity index (χ0v) is 8.60. The van der Waals surface area contributed by atoms with E-state index in [4.69, 9.17) is 4.74 Å².